The molecule has 0 aromatic rings. The molecular formula is C12H24N3O2+. The van der Waals surface area contributed by atoms with Crippen molar-refractivity contribution in [1.82, 2.24) is 10.6 Å². The first kappa shape index (κ1) is 14.0. The molecule has 0 saturated carbocycles. The van der Waals surface area contributed by atoms with Gasteiger partial charge in [0.05, 0.1) is 13.1 Å². The molecule has 3 N–H and O–H groups in total. The van der Waals surface area contributed by atoms with E-state index in [0.29, 0.717) is 0 Å². The fourth-order valence-corrected chi connectivity index (χ4v) is 2.26. The van der Waals surface area contributed by atoms with Crippen molar-refractivity contribution in [1.29, 1.82) is 0 Å². The number of nitrogens with one attached hydrogen (secondary N) is 3. The third kappa shape index (κ3) is 4.73. The summed E-state index contributed by atoms with van der Waals surface area (Å²) in [5, 5.41) is 4.75. The van der Waals surface area contributed by atoms with Crippen LogP contribution in [-0.2, 0) is 4.79 Å². The van der Waals surface area contributed by atoms with Crippen LogP contribution in [0.3, 0.4) is 0 Å². The van der Waals surface area contributed by atoms with Gasteiger partial charge >= 0.3 is 6.03 Å². The largest absolute Gasteiger partial charge is 0.341 e. The summed E-state index contributed by atoms with van der Waals surface area (Å²) >= 11 is 0. The maximum Gasteiger partial charge on any atom is 0.321 e. The van der Waals surface area contributed by atoms with E-state index >= 15 is 0 Å². The van der Waals surface area contributed by atoms with E-state index < -0.39 is 6.03 Å². The van der Waals surface area contributed by atoms with Crippen LogP contribution >= 0.6 is 0 Å². The van der Waals surface area contributed by atoms with Gasteiger partial charge in [-0.25, -0.2) is 4.79 Å². The highest BCUT2D eigenvalue weighted by molar-refractivity contribution is 5.96. The Kier molecular flexibility index (Phi) is 5.97. The van der Waals surface area contributed by atoms with Gasteiger partial charge in [0.15, 0.2) is 6.04 Å². The zero-order valence-corrected chi connectivity index (χ0v) is 10.8. The molecule has 0 aliphatic carbocycles. The second-order valence-corrected chi connectivity index (χ2v) is 4.72. The van der Waals surface area contributed by atoms with E-state index in [0.717, 1.165) is 13.1 Å². The average Bonchev–Trinajstić information content (AvgIpc) is 2.27. The Morgan fingerprint density at radius 1 is 1.06 bits per heavy atom. The van der Waals surface area contributed by atoms with Crippen LogP contribution < -0.4 is 15.5 Å². The predicted octanol–water partition coefficient (Wildman–Crippen LogP) is -0.320. The lowest BCUT2D eigenvalue weighted by Gasteiger charge is -2.26. The molecule has 1 rings (SSSR count). The highest BCUT2D eigenvalue weighted by atomic mass is 16.2. The molecule has 1 heterocycles. The highest BCUT2D eigenvalue weighted by Crippen LogP contribution is 2.03. The molecule has 98 valence electrons. The Labute approximate surface area is 103 Å². The fraction of sp³-hybridized carbons (Fsp3) is 0.833. The maximum absolute atomic E-state index is 11.8. The summed E-state index contributed by atoms with van der Waals surface area (Å²) in [7, 11) is 1.51. The van der Waals surface area contributed by atoms with Gasteiger partial charge in [-0.1, -0.05) is 6.42 Å². The Morgan fingerprint density at radius 3 is 2.12 bits per heavy atom. The van der Waals surface area contributed by atoms with Crippen molar-refractivity contribution in [2.45, 2.75) is 45.1 Å². The number of likely N-dealkylation sites (tertiary alicyclic amines) is 1. The van der Waals surface area contributed by atoms with Crippen LogP contribution in [0.4, 0.5) is 4.79 Å². The highest BCUT2D eigenvalue weighted by Gasteiger charge is 2.26. The molecule has 0 unspecified atom stereocenters. The number of carbonyl (C=O) groups excluding carboxylic acids is 2. The summed E-state index contributed by atoms with van der Waals surface area (Å²) in [6.45, 7) is 3.96. The topological polar surface area (TPSA) is 62.6 Å². The summed E-state index contributed by atoms with van der Waals surface area (Å²) in [4.78, 5) is 24.2. The minimum absolute atomic E-state index is 0.148. The van der Waals surface area contributed by atoms with Crippen LogP contribution in [0.25, 0.3) is 0 Å². The van der Waals surface area contributed by atoms with E-state index in [9.17, 15) is 9.59 Å². The van der Waals surface area contributed by atoms with Crippen molar-refractivity contribution in [2.24, 2.45) is 0 Å². The van der Waals surface area contributed by atoms with Gasteiger partial charge in [-0.2, -0.15) is 0 Å². The van der Waals surface area contributed by atoms with Crippen LogP contribution in [0.15, 0.2) is 0 Å². The monoisotopic (exact) mass is 242 g/mol. The number of urea groups is 1. The van der Waals surface area contributed by atoms with Gasteiger partial charge in [0.2, 0.25) is 0 Å². The Balaban J connectivity index is 2.45. The summed E-state index contributed by atoms with van der Waals surface area (Å²) in [6, 6.07) is -0.571. The molecule has 0 spiro atoms. The van der Waals surface area contributed by atoms with Gasteiger partial charge in [-0.15, -0.1) is 0 Å². The quantitative estimate of drug-likeness (QED) is 0.621. The molecular weight excluding hydrogens is 218 g/mol. The lowest BCUT2D eigenvalue weighted by Crippen LogP contribution is -3.16. The van der Waals surface area contributed by atoms with Crippen molar-refractivity contribution in [3.8, 4) is 0 Å². The molecule has 1 fully saturated rings. The van der Waals surface area contributed by atoms with Crippen LogP contribution in [-0.4, -0.2) is 38.1 Å². The maximum atomic E-state index is 11.8. The second kappa shape index (κ2) is 7.27. The molecule has 0 aromatic carbocycles. The molecule has 3 amide bonds. The van der Waals surface area contributed by atoms with E-state index in [-0.39, 0.29) is 11.9 Å². The number of carbonyl (C=O) groups is 2. The molecule has 5 heteroatoms. The van der Waals surface area contributed by atoms with Gasteiger partial charge in [0, 0.05) is 7.05 Å². The molecule has 17 heavy (non-hydrogen) atoms. The number of imide groups is 1. The molecule has 1 aliphatic rings. The zero-order valence-electron chi connectivity index (χ0n) is 10.8. The molecule has 0 aromatic heterocycles. The van der Waals surface area contributed by atoms with Gasteiger partial charge in [0.25, 0.3) is 5.91 Å². The fourth-order valence-electron chi connectivity index (χ4n) is 2.26. The average molecular weight is 242 g/mol. The Morgan fingerprint density at radius 2 is 1.59 bits per heavy atom. The first-order valence-corrected chi connectivity index (χ1v) is 6.52. The summed E-state index contributed by atoms with van der Waals surface area (Å²) < 4.78 is 0. The van der Waals surface area contributed by atoms with Crippen molar-refractivity contribution < 1.29 is 14.5 Å². The molecule has 1 atom stereocenters. The SMILES string of the molecule is CNC(=O)NC(=O)[C@@H](C)[NH+]1CCCCCCC1. The zero-order chi connectivity index (χ0) is 12.7. The lowest BCUT2D eigenvalue weighted by molar-refractivity contribution is -0.915. The van der Waals surface area contributed by atoms with Crippen molar-refractivity contribution in [3.05, 3.63) is 0 Å². The van der Waals surface area contributed by atoms with E-state index in [1.165, 1.54) is 44.1 Å². The minimum atomic E-state index is -0.423. The van der Waals surface area contributed by atoms with E-state index in [1.807, 2.05) is 6.92 Å². The normalized spacial score (nSPS) is 19.9. The number of rotatable bonds is 2. The number of amides is 3. The first-order chi connectivity index (χ1) is 8.15. The smallest absolute Gasteiger partial charge is 0.321 e. The third-order valence-electron chi connectivity index (χ3n) is 3.47. The second-order valence-electron chi connectivity index (χ2n) is 4.72. The van der Waals surface area contributed by atoms with E-state index in [2.05, 4.69) is 10.6 Å². The van der Waals surface area contributed by atoms with Crippen LogP contribution in [0.5, 0.6) is 0 Å². The molecule has 0 radical (unpaired) electrons. The molecule has 0 bridgehead atoms. The number of hydrogen-bond donors (Lipinski definition) is 3. The van der Waals surface area contributed by atoms with Gasteiger partial charge < -0.3 is 10.2 Å². The number of hydrogen-bond acceptors (Lipinski definition) is 2. The first-order valence-electron chi connectivity index (χ1n) is 6.52. The van der Waals surface area contributed by atoms with E-state index in [1.54, 1.807) is 0 Å². The van der Waals surface area contributed by atoms with Crippen LogP contribution in [0, 0.1) is 0 Å². The summed E-state index contributed by atoms with van der Waals surface area (Å²) in [6.07, 6.45) is 6.17. The molecule has 5 nitrogen and oxygen atoms in total. The molecule has 1 aliphatic heterocycles. The Bertz CT molecular complexity index is 260. The molecule has 1 saturated heterocycles. The van der Waals surface area contributed by atoms with Crippen molar-refractivity contribution in [3.63, 3.8) is 0 Å². The standard InChI is InChI=1S/C12H23N3O2/c1-10(11(16)14-12(17)13-2)15-8-6-4-3-5-7-9-15/h10H,3-9H2,1-2H3,(H2,13,14,16,17)/p+1/t10-/m1/s1. The van der Waals surface area contributed by atoms with Gasteiger partial charge in [-0.05, 0) is 32.6 Å². The van der Waals surface area contributed by atoms with Crippen molar-refractivity contribution in [2.75, 3.05) is 20.1 Å². The van der Waals surface area contributed by atoms with Gasteiger partial charge in [-0.3, -0.25) is 10.1 Å². The minimum Gasteiger partial charge on any atom is -0.341 e. The summed E-state index contributed by atoms with van der Waals surface area (Å²) in [5.41, 5.74) is 0. The Hall–Kier alpha value is -1.10. The third-order valence-corrected chi connectivity index (χ3v) is 3.47. The predicted molar refractivity (Wildman–Crippen MR) is 65.8 cm³/mol. The van der Waals surface area contributed by atoms with Crippen molar-refractivity contribution >= 4 is 11.9 Å². The van der Waals surface area contributed by atoms with Crippen LogP contribution in [0.2, 0.25) is 0 Å². The lowest BCUT2D eigenvalue weighted by atomic mass is 10.1. The summed E-state index contributed by atoms with van der Waals surface area (Å²) in [5.74, 6) is -0.181. The van der Waals surface area contributed by atoms with E-state index in [4.69, 9.17) is 0 Å². The van der Waals surface area contributed by atoms with Gasteiger partial charge in [0.1, 0.15) is 0 Å². The number of quaternary nitrogens is 1. The van der Waals surface area contributed by atoms with Crippen LogP contribution in [0.1, 0.15) is 39.0 Å².